The second-order valence-corrected chi connectivity index (χ2v) is 4.91. The van der Waals surface area contributed by atoms with Crippen molar-refractivity contribution in [1.29, 1.82) is 0 Å². The van der Waals surface area contributed by atoms with Crippen molar-refractivity contribution in [3.63, 3.8) is 0 Å². The standard InChI is InChI=1S/C15H16F3NO4/c1-5-8-9(6-20)10(14(21)22-4)13(23-7(2)3)12(19)11(8)15(16,17)18/h5,7,10H,1,19H2,2-4H3. The predicted octanol–water partition coefficient (Wildman–Crippen LogP) is 2.19. The van der Waals surface area contributed by atoms with Gasteiger partial charge >= 0.3 is 12.1 Å². The molecule has 0 radical (unpaired) electrons. The van der Waals surface area contributed by atoms with Crippen LogP contribution < -0.4 is 5.73 Å². The summed E-state index contributed by atoms with van der Waals surface area (Å²) in [5.74, 6) is -1.63. The maximum absolute atomic E-state index is 13.3. The molecule has 1 aliphatic carbocycles. The van der Waals surface area contributed by atoms with Gasteiger partial charge in [-0.2, -0.15) is 13.2 Å². The molecule has 0 spiro atoms. The summed E-state index contributed by atoms with van der Waals surface area (Å²) in [5.41, 5.74) is 2.34. The van der Waals surface area contributed by atoms with Gasteiger partial charge in [0, 0.05) is 5.57 Å². The number of methoxy groups -OCH3 is 1. The molecule has 23 heavy (non-hydrogen) atoms. The summed E-state index contributed by atoms with van der Waals surface area (Å²) in [7, 11) is 1.03. The van der Waals surface area contributed by atoms with Crippen LogP contribution in [0.1, 0.15) is 13.8 Å². The minimum atomic E-state index is -4.87. The maximum Gasteiger partial charge on any atom is 0.419 e. The Hall–Kier alpha value is -2.47. The van der Waals surface area contributed by atoms with E-state index in [2.05, 4.69) is 11.3 Å². The molecule has 0 aromatic carbocycles. The molecule has 1 unspecified atom stereocenters. The molecule has 5 nitrogen and oxygen atoms in total. The SMILES string of the molecule is C=CC1=C(C(F)(F)F)C(N)=C(OC(C)C)C(C(=O)OC)C1=C=O. The molecular formula is C15H16F3NO4. The summed E-state index contributed by atoms with van der Waals surface area (Å²) in [6.45, 7) is 6.34. The largest absolute Gasteiger partial charge is 0.492 e. The number of nitrogens with two attached hydrogens (primary N) is 1. The fraction of sp³-hybridized carbons (Fsp3) is 0.400. The number of esters is 1. The van der Waals surface area contributed by atoms with Crippen LogP contribution in [0.15, 0.2) is 40.8 Å². The van der Waals surface area contributed by atoms with Gasteiger partial charge in [-0.15, -0.1) is 0 Å². The van der Waals surface area contributed by atoms with Crippen LogP contribution in [0.5, 0.6) is 0 Å². The Morgan fingerprint density at radius 2 is 2.00 bits per heavy atom. The van der Waals surface area contributed by atoms with Crippen molar-refractivity contribution in [2.24, 2.45) is 11.7 Å². The van der Waals surface area contributed by atoms with Gasteiger partial charge in [0.1, 0.15) is 11.7 Å². The molecule has 0 aromatic rings. The number of hydrogen-bond acceptors (Lipinski definition) is 5. The summed E-state index contributed by atoms with van der Waals surface area (Å²) in [5, 5.41) is 0. The first-order chi connectivity index (χ1) is 10.6. The van der Waals surface area contributed by atoms with E-state index in [9.17, 15) is 22.8 Å². The van der Waals surface area contributed by atoms with Gasteiger partial charge in [0.15, 0.2) is 5.92 Å². The van der Waals surface area contributed by atoms with Crippen LogP contribution >= 0.6 is 0 Å². The Morgan fingerprint density at radius 1 is 1.43 bits per heavy atom. The highest BCUT2D eigenvalue weighted by Gasteiger charge is 2.47. The van der Waals surface area contributed by atoms with Crippen molar-refractivity contribution in [3.05, 3.63) is 40.8 Å². The molecule has 0 bridgehead atoms. The molecule has 0 aromatic heterocycles. The van der Waals surface area contributed by atoms with Gasteiger partial charge in [-0.25, -0.2) is 4.79 Å². The van der Waals surface area contributed by atoms with Gasteiger partial charge in [-0.1, -0.05) is 12.7 Å². The van der Waals surface area contributed by atoms with Crippen molar-refractivity contribution in [3.8, 4) is 0 Å². The monoisotopic (exact) mass is 331 g/mol. The third-order valence-corrected chi connectivity index (χ3v) is 3.04. The zero-order valence-electron chi connectivity index (χ0n) is 12.8. The first-order valence-corrected chi connectivity index (χ1v) is 6.53. The van der Waals surface area contributed by atoms with Gasteiger partial charge in [0.25, 0.3) is 0 Å². The van der Waals surface area contributed by atoms with E-state index in [4.69, 9.17) is 10.5 Å². The smallest absolute Gasteiger partial charge is 0.419 e. The minimum Gasteiger partial charge on any atom is -0.492 e. The summed E-state index contributed by atoms with van der Waals surface area (Å²) >= 11 is 0. The Bertz CT molecular complexity index is 638. The number of ether oxygens (including phenoxy) is 2. The van der Waals surface area contributed by atoms with E-state index in [0.29, 0.717) is 0 Å². The fourth-order valence-corrected chi connectivity index (χ4v) is 2.20. The predicted molar refractivity (Wildman–Crippen MR) is 75.4 cm³/mol. The molecule has 0 saturated carbocycles. The zero-order valence-corrected chi connectivity index (χ0v) is 12.8. The molecule has 2 N–H and O–H groups in total. The van der Waals surface area contributed by atoms with Crippen LogP contribution in [0.3, 0.4) is 0 Å². The highest BCUT2D eigenvalue weighted by atomic mass is 19.4. The van der Waals surface area contributed by atoms with Gasteiger partial charge in [0.05, 0.1) is 30.1 Å². The Morgan fingerprint density at radius 3 is 2.35 bits per heavy atom. The second-order valence-electron chi connectivity index (χ2n) is 4.91. The molecule has 0 heterocycles. The van der Waals surface area contributed by atoms with Gasteiger partial charge in [-0.3, -0.25) is 4.79 Å². The molecule has 126 valence electrons. The van der Waals surface area contributed by atoms with E-state index in [0.717, 1.165) is 13.2 Å². The van der Waals surface area contributed by atoms with Gasteiger partial charge in [-0.05, 0) is 13.8 Å². The molecular weight excluding hydrogens is 315 g/mol. The summed E-state index contributed by atoms with van der Waals surface area (Å²) in [6.07, 6.45) is -4.65. The first kappa shape index (κ1) is 18.6. The number of hydrogen-bond donors (Lipinski definition) is 1. The highest BCUT2D eigenvalue weighted by Crippen LogP contribution is 2.44. The number of rotatable bonds is 4. The van der Waals surface area contributed by atoms with Crippen LogP contribution in [0.4, 0.5) is 13.2 Å². The lowest BCUT2D eigenvalue weighted by atomic mass is 9.81. The van der Waals surface area contributed by atoms with Crippen molar-refractivity contribution < 1.29 is 32.2 Å². The lowest BCUT2D eigenvalue weighted by Gasteiger charge is -2.30. The quantitative estimate of drug-likeness (QED) is 0.631. The van der Waals surface area contributed by atoms with E-state index in [-0.39, 0.29) is 0 Å². The molecule has 1 rings (SSSR count). The molecule has 0 aliphatic heterocycles. The lowest BCUT2D eigenvalue weighted by Crippen LogP contribution is -2.35. The van der Waals surface area contributed by atoms with Crippen molar-refractivity contribution >= 4 is 11.9 Å². The molecule has 1 atom stereocenters. The maximum atomic E-state index is 13.3. The second kappa shape index (κ2) is 6.75. The van der Waals surface area contributed by atoms with Crippen LogP contribution in [-0.4, -0.2) is 31.3 Å². The third-order valence-electron chi connectivity index (χ3n) is 3.04. The molecule has 0 saturated heterocycles. The van der Waals surface area contributed by atoms with E-state index >= 15 is 0 Å². The van der Waals surface area contributed by atoms with Gasteiger partial charge < -0.3 is 15.2 Å². The average Bonchev–Trinajstić information content (AvgIpc) is 2.45. The lowest BCUT2D eigenvalue weighted by molar-refractivity contribution is -0.144. The van der Waals surface area contributed by atoms with Crippen LogP contribution in [0, 0.1) is 5.92 Å². The van der Waals surface area contributed by atoms with Crippen LogP contribution in [0.25, 0.3) is 0 Å². The number of allylic oxidation sites excluding steroid dienone is 3. The summed E-state index contributed by atoms with van der Waals surface area (Å²) < 4.78 is 49.8. The Balaban J connectivity index is 3.81. The number of carbonyl (C=O) groups excluding carboxylic acids is 2. The Kier molecular flexibility index (Phi) is 5.45. The molecule has 0 amide bonds. The molecule has 1 aliphatic rings. The Labute approximate surface area is 130 Å². The highest BCUT2D eigenvalue weighted by molar-refractivity contribution is 5.88. The summed E-state index contributed by atoms with van der Waals surface area (Å²) in [6, 6.07) is 0. The third kappa shape index (κ3) is 3.48. The summed E-state index contributed by atoms with van der Waals surface area (Å²) in [4.78, 5) is 23.2. The minimum absolute atomic E-state index is 0.483. The number of halogens is 3. The van der Waals surface area contributed by atoms with Crippen molar-refractivity contribution in [2.75, 3.05) is 7.11 Å². The van der Waals surface area contributed by atoms with E-state index in [1.165, 1.54) is 5.94 Å². The van der Waals surface area contributed by atoms with Crippen molar-refractivity contribution in [1.82, 2.24) is 0 Å². The van der Waals surface area contributed by atoms with Crippen molar-refractivity contribution in [2.45, 2.75) is 26.1 Å². The zero-order chi connectivity index (χ0) is 17.9. The van der Waals surface area contributed by atoms with Crippen LogP contribution in [-0.2, 0) is 19.1 Å². The molecule has 8 heteroatoms. The molecule has 0 fully saturated rings. The number of alkyl halides is 3. The van der Waals surface area contributed by atoms with E-state index in [1.807, 2.05) is 0 Å². The normalized spacial score (nSPS) is 18.9. The van der Waals surface area contributed by atoms with Gasteiger partial charge in [0.2, 0.25) is 0 Å². The fourth-order valence-electron chi connectivity index (χ4n) is 2.20. The average molecular weight is 331 g/mol. The van der Waals surface area contributed by atoms with E-state index < -0.39 is 52.3 Å². The first-order valence-electron chi connectivity index (χ1n) is 6.53. The van der Waals surface area contributed by atoms with Crippen LogP contribution in [0.2, 0.25) is 0 Å². The van der Waals surface area contributed by atoms with E-state index in [1.54, 1.807) is 13.8 Å². The number of carbonyl (C=O) groups is 1. The topological polar surface area (TPSA) is 78.6 Å².